The van der Waals surface area contributed by atoms with Gasteiger partial charge in [0, 0.05) is 0 Å². The van der Waals surface area contributed by atoms with Crippen LogP contribution in [0.2, 0.25) is 9.63 Å². The van der Waals surface area contributed by atoms with Crippen molar-refractivity contribution in [2.45, 2.75) is 112 Å². The zero-order valence-corrected chi connectivity index (χ0v) is 17.6. The van der Waals surface area contributed by atoms with Crippen LogP contribution >= 0.6 is 20.4 Å². The Bertz CT molecular complexity index is 294. The molecule has 3 fully saturated rings. The van der Waals surface area contributed by atoms with E-state index in [-0.39, 0.29) is 18.1 Å². The van der Waals surface area contributed by atoms with Gasteiger partial charge in [0.2, 0.25) is 0 Å². The average molecular weight is 432 g/mol. The molecule has 0 atom stereocenters. The van der Waals surface area contributed by atoms with E-state index in [9.17, 15) is 0 Å². The van der Waals surface area contributed by atoms with Crippen molar-refractivity contribution in [3.63, 3.8) is 0 Å². The second-order valence-corrected chi connectivity index (χ2v) is 11.5. The summed E-state index contributed by atoms with van der Waals surface area (Å²) in [5.74, 6) is 0. The number of rotatable bonds is 3. The van der Waals surface area contributed by atoms with Crippen molar-refractivity contribution < 1.29 is 29.6 Å². The molecule has 0 unspecified atom stereocenters. The van der Waals surface area contributed by atoms with Crippen molar-refractivity contribution in [1.29, 1.82) is 0 Å². The third kappa shape index (κ3) is 9.17. The topological polar surface area (TPSA) is 60.7 Å². The normalized spacial score (nSPS) is 25.5. The Labute approximate surface area is 161 Å². The molecular weight excluding hydrogens is 394 g/mol. The van der Waals surface area contributed by atoms with E-state index in [1.54, 1.807) is 0 Å². The van der Waals surface area contributed by atoms with Gasteiger partial charge in [0.15, 0.2) is 0 Å². The second kappa shape index (κ2) is 12.5. The van der Waals surface area contributed by atoms with Crippen LogP contribution in [0, 0.1) is 0 Å². The van der Waals surface area contributed by atoms with Gasteiger partial charge in [-0.1, -0.05) is 0 Å². The van der Waals surface area contributed by atoms with E-state index >= 15 is 0 Å². The van der Waals surface area contributed by atoms with Crippen LogP contribution in [0.1, 0.15) is 96.3 Å². The molecule has 0 radical (unpaired) electrons. The zero-order chi connectivity index (χ0) is 16.5. The SMILES string of the molecule is C1CC[CH]([Cu][CH]2CCCCC2)CC1.Cl.O[PH](O)(O)C1CCCCC1. The van der Waals surface area contributed by atoms with Crippen molar-refractivity contribution in [2.75, 3.05) is 0 Å². The van der Waals surface area contributed by atoms with E-state index < -0.39 is 7.94 Å². The first kappa shape index (κ1) is 23.2. The molecule has 0 saturated heterocycles. The van der Waals surface area contributed by atoms with E-state index in [1.807, 2.05) is 0 Å². The van der Waals surface area contributed by atoms with E-state index in [0.29, 0.717) is 0 Å². The average Bonchev–Trinajstić information content (AvgIpc) is 2.57. The Morgan fingerprint density at radius 3 is 1.17 bits per heavy atom. The Morgan fingerprint density at radius 2 is 0.875 bits per heavy atom. The summed E-state index contributed by atoms with van der Waals surface area (Å²) >= 11 is 2.44. The minimum absolute atomic E-state index is 0. The van der Waals surface area contributed by atoms with Gasteiger partial charge in [0.1, 0.15) is 0 Å². The van der Waals surface area contributed by atoms with Gasteiger partial charge in [-0.2, -0.15) is 0 Å². The molecule has 3 saturated carbocycles. The van der Waals surface area contributed by atoms with Gasteiger partial charge in [-0.3, -0.25) is 0 Å². The molecule has 3 aliphatic rings. The van der Waals surface area contributed by atoms with Crippen LogP contribution in [0.15, 0.2) is 0 Å². The summed E-state index contributed by atoms with van der Waals surface area (Å²) in [6.07, 6.45) is 19.8. The molecule has 0 aromatic carbocycles. The van der Waals surface area contributed by atoms with Gasteiger partial charge in [-0.15, -0.1) is 12.4 Å². The fourth-order valence-corrected chi connectivity index (χ4v) is 7.14. The van der Waals surface area contributed by atoms with Crippen molar-refractivity contribution in [3.8, 4) is 0 Å². The molecule has 0 aromatic rings. The number of halogens is 1. The molecule has 0 heterocycles. The van der Waals surface area contributed by atoms with Gasteiger partial charge in [-0.05, 0) is 0 Å². The molecule has 151 valence electrons. The first-order chi connectivity index (χ1) is 11.1. The van der Waals surface area contributed by atoms with Crippen molar-refractivity contribution in [3.05, 3.63) is 0 Å². The van der Waals surface area contributed by atoms with E-state index in [2.05, 4.69) is 15.0 Å². The van der Waals surface area contributed by atoms with Gasteiger partial charge in [0.05, 0.1) is 0 Å². The van der Waals surface area contributed by atoms with Crippen LogP contribution in [-0.4, -0.2) is 20.3 Å². The molecular formula is C18H38ClCuO3P. The summed E-state index contributed by atoms with van der Waals surface area (Å²) in [7, 11) is -3.76. The molecule has 0 bridgehead atoms. The van der Waals surface area contributed by atoms with Crippen LogP contribution in [0.4, 0.5) is 0 Å². The summed E-state index contributed by atoms with van der Waals surface area (Å²) in [5.41, 5.74) is -0.193. The molecule has 6 heteroatoms. The third-order valence-electron chi connectivity index (χ3n) is 5.42. The van der Waals surface area contributed by atoms with Gasteiger partial charge in [0.25, 0.3) is 0 Å². The number of hydrogen-bond acceptors (Lipinski definition) is 3. The molecule has 3 aliphatic carbocycles. The van der Waals surface area contributed by atoms with Crippen molar-refractivity contribution in [2.24, 2.45) is 0 Å². The quantitative estimate of drug-likeness (QED) is 0.391. The van der Waals surface area contributed by atoms with Crippen LogP contribution in [-0.2, 0) is 15.0 Å². The van der Waals surface area contributed by atoms with Crippen LogP contribution in [0.3, 0.4) is 0 Å². The maximum atomic E-state index is 8.89. The molecule has 3 N–H and O–H groups in total. The predicted molar refractivity (Wildman–Crippen MR) is 103 cm³/mol. The molecule has 0 aromatic heterocycles. The molecule has 0 spiro atoms. The Kier molecular flexibility index (Phi) is 12.1. The zero-order valence-electron chi connectivity index (χ0n) is 14.9. The summed E-state index contributed by atoms with van der Waals surface area (Å²) in [6, 6.07) is 0. The summed E-state index contributed by atoms with van der Waals surface area (Å²) in [5, 5.41) is 0. The van der Waals surface area contributed by atoms with Gasteiger partial charge >= 0.3 is 149 Å². The Morgan fingerprint density at radius 1 is 0.542 bits per heavy atom. The van der Waals surface area contributed by atoms with Crippen LogP contribution < -0.4 is 0 Å². The molecule has 24 heavy (non-hydrogen) atoms. The summed E-state index contributed by atoms with van der Waals surface area (Å²) in [4.78, 5) is 28.7. The second-order valence-electron chi connectivity index (χ2n) is 7.47. The molecule has 3 nitrogen and oxygen atoms in total. The Balaban J connectivity index is 0.000000238. The van der Waals surface area contributed by atoms with E-state index in [4.69, 9.17) is 14.7 Å². The van der Waals surface area contributed by atoms with Gasteiger partial charge < -0.3 is 0 Å². The third-order valence-corrected chi connectivity index (χ3v) is 9.07. The van der Waals surface area contributed by atoms with Crippen LogP contribution in [0.25, 0.3) is 0 Å². The predicted octanol–water partition coefficient (Wildman–Crippen LogP) is 5.79. The van der Waals surface area contributed by atoms with Crippen molar-refractivity contribution in [1.82, 2.24) is 0 Å². The van der Waals surface area contributed by atoms with Crippen molar-refractivity contribution >= 4 is 20.4 Å². The molecule has 0 aliphatic heterocycles. The maximum absolute atomic E-state index is 8.89. The van der Waals surface area contributed by atoms with Gasteiger partial charge in [-0.25, -0.2) is 0 Å². The fraction of sp³-hybridized carbons (Fsp3) is 1.00. The molecule has 0 amide bonds. The van der Waals surface area contributed by atoms with E-state index in [1.165, 1.54) is 70.6 Å². The first-order valence-corrected chi connectivity index (χ1v) is 12.8. The standard InChI is InChI=1S/C6H15O3P.2C6H11.ClH.Cu/c7-10(8,9)6-4-2-1-3-5-6;2*1-2-4-6-5-3-1;;/h6-10H,1-5H2;2*1H,2-6H2;1H;. The number of hydrogen-bond donors (Lipinski definition) is 3. The van der Waals surface area contributed by atoms with E-state index in [0.717, 1.165) is 35.3 Å². The monoisotopic (exact) mass is 431 g/mol. The Hall–Kier alpha value is 1.12. The molecule has 3 rings (SSSR count). The minimum atomic E-state index is -3.76. The summed E-state index contributed by atoms with van der Waals surface area (Å²) in [6.45, 7) is 0. The first-order valence-electron chi connectivity index (χ1n) is 9.76. The van der Waals surface area contributed by atoms with Crippen LogP contribution in [0.5, 0.6) is 0 Å². The summed E-state index contributed by atoms with van der Waals surface area (Å²) < 4.78 is 0. The fourth-order valence-electron chi connectivity index (χ4n) is 3.94.